The fourth-order valence-electron chi connectivity index (χ4n) is 4.17. The molecule has 0 aromatic heterocycles. The molecule has 1 aliphatic carbocycles. The number of nitrogens with one attached hydrogen (secondary N) is 2. The van der Waals surface area contributed by atoms with Gasteiger partial charge in [-0.15, -0.1) is 0 Å². The Labute approximate surface area is 196 Å². The molecule has 2 fully saturated rings. The molecule has 2 aliphatic rings. The number of para-hydroxylation sites is 1. The van der Waals surface area contributed by atoms with Crippen LogP contribution in [0, 0.1) is 0 Å². The topological polar surface area (TPSA) is 105 Å². The van der Waals surface area contributed by atoms with Gasteiger partial charge in [0.05, 0.1) is 22.9 Å². The minimum atomic E-state index is -3.83. The van der Waals surface area contributed by atoms with Crippen molar-refractivity contribution in [1.82, 2.24) is 14.3 Å². The molecular formula is C23H31N3O5S2. The lowest BCUT2D eigenvalue weighted by atomic mass is 10.0. The number of likely N-dealkylation sites (tertiary alicyclic amines) is 1. The van der Waals surface area contributed by atoms with Crippen molar-refractivity contribution >= 4 is 20.0 Å². The van der Waals surface area contributed by atoms with Gasteiger partial charge in [0.2, 0.25) is 20.0 Å². The van der Waals surface area contributed by atoms with E-state index in [1.165, 1.54) is 30.7 Å². The van der Waals surface area contributed by atoms with Crippen molar-refractivity contribution in [3.05, 3.63) is 54.1 Å². The van der Waals surface area contributed by atoms with E-state index in [2.05, 4.69) is 14.3 Å². The Kier molecular flexibility index (Phi) is 7.40. The molecule has 1 unspecified atom stereocenters. The van der Waals surface area contributed by atoms with Crippen LogP contribution in [0.1, 0.15) is 43.7 Å². The molecule has 180 valence electrons. The van der Waals surface area contributed by atoms with Crippen molar-refractivity contribution < 1.29 is 21.6 Å². The third kappa shape index (κ3) is 5.93. The normalized spacial score (nSPS) is 18.7. The first-order valence-corrected chi connectivity index (χ1v) is 14.3. The minimum absolute atomic E-state index is 0.0122. The number of hydrogen-bond donors (Lipinski definition) is 2. The Bertz CT molecular complexity index is 1160. The van der Waals surface area contributed by atoms with Crippen molar-refractivity contribution in [2.24, 2.45) is 0 Å². The lowest BCUT2D eigenvalue weighted by Crippen LogP contribution is -2.40. The summed E-state index contributed by atoms with van der Waals surface area (Å²) >= 11 is 0. The molecule has 2 N–H and O–H groups in total. The predicted octanol–water partition coefficient (Wildman–Crippen LogP) is 2.64. The van der Waals surface area contributed by atoms with E-state index in [4.69, 9.17) is 4.74 Å². The van der Waals surface area contributed by atoms with Crippen LogP contribution in [-0.4, -0.2) is 54.5 Å². The van der Waals surface area contributed by atoms with Crippen LogP contribution >= 0.6 is 0 Å². The van der Waals surface area contributed by atoms with Crippen LogP contribution in [0.4, 0.5) is 0 Å². The summed E-state index contributed by atoms with van der Waals surface area (Å²) < 4.78 is 61.6. The number of piperidine rings is 1. The number of hydrogen-bond acceptors (Lipinski definition) is 6. The van der Waals surface area contributed by atoms with E-state index >= 15 is 0 Å². The number of benzene rings is 2. The molecular weight excluding hydrogens is 462 g/mol. The fourth-order valence-corrected chi connectivity index (χ4v) is 6.51. The molecule has 8 nitrogen and oxygen atoms in total. The molecule has 1 heterocycles. The first-order chi connectivity index (χ1) is 15.8. The van der Waals surface area contributed by atoms with Gasteiger partial charge in [-0.05, 0) is 69.1 Å². The highest BCUT2D eigenvalue weighted by atomic mass is 32.2. The van der Waals surface area contributed by atoms with Gasteiger partial charge in [-0.3, -0.25) is 4.90 Å². The van der Waals surface area contributed by atoms with Gasteiger partial charge in [-0.1, -0.05) is 24.6 Å². The van der Waals surface area contributed by atoms with Crippen LogP contribution in [0.3, 0.4) is 0 Å². The van der Waals surface area contributed by atoms with Crippen molar-refractivity contribution in [2.75, 3.05) is 26.7 Å². The van der Waals surface area contributed by atoms with Crippen LogP contribution in [-0.2, 0) is 20.0 Å². The number of ether oxygens (including phenoxy) is 1. The molecule has 1 saturated heterocycles. The molecule has 0 radical (unpaired) electrons. The van der Waals surface area contributed by atoms with E-state index in [0.29, 0.717) is 0 Å². The van der Waals surface area contributed by atoms with Gasteiger partial charge >= 0.3 is 0 Å². The molecule has 1 saturated carbocycles. The largest absolute Gasteiger partial charge is 0.496 e. The van der Waals surface area contributed by atoms with Crippen molar-refractivity contribution in [3.8, 4) is 5.75 Å². The number of methoxy groups -OCH3 is 1. The molecule has 33 heavy (non-hydrogen) atoms. The lowest BCUT2D eigenvalue weighted by Gasteiger charge is -2.35. The summed E-state index contributed by atoms with van der Waals surface area (Å²) in [6, 6.07) is 12.8. The van der Waals surface area contributed by atoms with Crippen LogP contribution in [0.15, 0.2) is 58.3 Å². The molecule has 2 aromatic carbocycles. The Hall–Kier alpha value is -1.98. The minimum Gasteiger partial charge on any atom is -0.496 e. The summed E-state index contributed by atoms with van der Waals surface area (Å²) in [4.78, 5) is 2.39. The second kappa shape index (κ2) is 10.1. The van der Waals surface area contributed by atoms with Gasteiger partial charge in [0.25, 0.3) is 0 Å². The van der Waals surface area contributed by atoms with Gasteiger partial charge in [0.15, 0.2) is 0 Å². The van der Waals surface area contributed by atoms with E-state index in [1.807, 2.05) is 24.3 Å². The zero-order valence-electron chi connectivity index (χ0n) is 18.7. The third-order valence-electron chi connectivity index (χ3n) is 6.14. The molecule has 1 atom stereocenters. The monoisotopic (exact) mass is 493 g/mol. The Morgan fingerprint density at radius 3 is 2.12 bits per heavy atom. The zero-order chi connectivity index (χ0) is 23.5. The van der Waals surface area contributed by atoms with Crippen LogP contribution in [0.25, 0.3) is 0 Å². The number of rotatable bonds is 10. The molecule has 0 bridgehead atoms. The SMILES string of the molecule is COc1ccccc1C(CNS(=O)(=O)c1ccc(S(=O)(=O)NC2CC2)cc1)N1CCCCC1. The average molecular weight is 494 g/mol. The second-order valence-corrected chi connectivity index (χ2v) is 12.1. The maximum absolute atomic E-state index is 13.0. The van der Waals surface area contributed by atoms with E-state index in [1.54, 1.807) is 7.11 Å². The maximum Gasteiger partial charge on any atom is 0.240 e. The number of sulfonamides is 2. The van der Waals surface area contributed by atoms with E-state index in [0.717, 1.165) is 50.1 Å². The van der Waals surface area contributed by atoms with Crippen molar-refractivity contribution in [2.45, 2.75) is 54.0 Å². The predicted molar refractivity (Wildman–Crippen MR) is 126 cm³/mol. The highest BCUT2D eigenvalue weighted by Gasteiger charge is 2.29. The lowest BCUT2D eigenvalue weighted by molar-refractivity contribution is 0.162. The van der Waals surface area contributed by atoms with Gasteiger partial charge in [0, 0.05) is 18.2 Å². The smallest absolute Gasteiger partial charge is 0.240 e. The van der Waals surface area contributed by atoms with Gasteiger partial charge < -0.3 is 4.74 Å². The maximum atomic E-state index is 13.0. The molecule has 0 amide bonds. The zero-order valence-corrected chi connectivity index (χ0v) is 20.4. The summed E-state index contributed by atoms with van der Waals surface area (Å²) in [7, 11) is -5.84. The molecule has 2 aromatic rings. The van der Waals surface area contributed by atoms with Crippen LogP contribution < -0.4 is 14.2 Å². The number of nitrogens with zero attached hydrogens (tertiary/aromatic N) is 1. The Balaban J connectivity index is 1.51. The molecule has 1 aliphatic heterocycles. The fraction of sp³-hybridized carbons (Fsp3) is 0.478. The quantitative estimate of drug-likeness (QED) is 0.527. The van der Waals surface area contributed by atoms with Gasteiger partial charge in [-0.25, -0.2) is 26.3 Å². The molecule has 4 rings (SSSR count). The Morgan fingerprint density at radius 1 is 0.909 bits per heavy atom. The summed E-state index contributed by atoms with van der Waals surface area (Å²) in [5, 5.41) is 0. The standard InChI is InChI=1S/C23H31N3O5S2/c1-31-23-8-4-3-7-21(23)22(26-15-5-2-6-16-26)17-24-32(27,28)19-11-13-20(14-12-19)33(29,30)25-18-9-10-18/h3-4,7-8,11-14,18,22,24-25H,2,5-6,9-10,15-17H2,1H3. The summed E-state index contributed by atoms with van der Waals surface area (Å²) in [5.74, 6) is 0.727. The first-order valence-electron chi connectivity index (χ1n) is 11.3. The summed E-state index contributed by atoms with van der Waals surface area (Å²) in [5.41, 5.74) is 0.942. The average Bonchev–Trinajstić information content (AvgIpc) is 3.63. The molecule has 0 spiro atoms. The van der Waals surface area contributed by atoms with Crippen LogP contribution in [0.2, 0.25) is 0 Å². The van der Waals surface area contributed by atoms with Crippen molar-refractivity contribution in [1.29, 1.82) is 0 Å². The first kappa shape index (κ1) is 24.2. The van der Waals surface area contributed by atoms with E-state index < -0.39 is 20.0 Å². The molecule has 10 heteroatoms. The van der Waals surface area contributed by atoms with E-state index in [-0.39, 0.29) is 28.4 Å². The highest BCUT2D eigenvalue weighted by molar-refractivity contribution is 7.90. The summed E-state index contributed by atoms with van der Waals surface area (Å²) in [6.45, 7) is 1.97. The van der Waals surface area contributed by atoms with E-state index in [9.17, 15) is 16.8 Å². The van der Waals surface area contributed by atoms with Crippen LogP contribution in [0.5, 0.6) is 5.75 Å². The van der Waals surface area contributed by atoms with Gasteiger partial charge in [-0.2, -0.15) is 0 Å². The highest BCUT2D eigenvalue weighted by Crippen LogP contribution is 2.31. The van der Waals surface area contributed by atoms with Crippen molar-refractivity contribution in [3.63, 3.8) is 0 Å². The second-order valence-electron chi connectivity index (χ2n) is 8.57. The summed E-state index contributed by atoms with van der Waals surface area (Å²) in [6.07, 6.45) is 4.98. The third-order valence-corrected chi connectivity index (χ3v) is 9.12. The van der Waals surface area contributed by atoms with Gasteiger partial charge in [0.1, 0.15) is 5.75 Å². The Morgan fingerprint density at radius 2 is 1.52 bits per heavy atom.